The highest BCUT2D eigenvalue weighted by Crippen LogP contribution is 2.08. The Balaban J connectivity index is 1.83. The fourth-order valence-corrected chi connectivity index (χ4v) is 2.17. The number of amides is 1. The van der Waals surface area contributed by atoms with Crippen molar-refractivity contribution in [3.8, 4) is 0 Å². The summed E-state index contributed by atoms with van der Waals surface area (Å²) in [5, 5.41) is 0.924. The van der Waals surface area contributed by atoms with E-state index in [1.807, 2.05) is 30.3 Å². The van der Waals surface area contributed by atoms with E-state index in [9.17, 15) is 9.00 Å². The van der Waals surface area contributed by atoms with E-state index in [1.165, 1.54) is 7.05 Å². The molecule has 2 aromatic rings. The van der Waals surface area contributed by atoms with Crippen molar-refractivity contribution in [1.29, 1.82) is 0 Å². The predicted octanol–water partition coefficient (Wildman–Crippen LogP) is 2.27. The standard InChI is InChI=1S/C15H15NO4S/c1-16(15(17)12-13-8-4-2-5-9-13)19-20-21(18)14-10-6-3-7-11-14/h2-11H,12H2,1H3. The lowest BCUT2D eigenvalue weighted by molar-refractivity contribution is -0.337. The number of likely N-dealkylation sites (N-methyl/N-ethyl adjacent to an activating group) is 1. The number of carbonyl (C=O) groups excluding carboxylic acids is 1. The maximum absolute atomic E-state index is 11.9. The number of hydrogen-bond donors (Lipinski definition) is 0. The third kappa shape index (κ3) is 4.78. The molecule has 0 aliphatic carbocycles. The van der Waals surface area contributed by atoms with Crippen molar-refractivity contribution in [2.75, 3.05) is 7.05 Å². The quantitative estimate of drug-likeness (QED) is 0.607. The zero-order valence-corrected chi connectivity index (χ0v) is 12.3. The summed E-state index contributed by atoms with van der Waals surface area (Å²) < 4.78 is 16.5. The molecule has 0 bridgehead atoms. The zero-order chi connectivity index (χ0) is 15.1. The van der Waals surface area contributed by atoms with Crippen LogP contribution < -0.4 is 0 Å². The van der Waals surface area contributed by atoms with Gasteiger partial charge in [0.15, 0.2) is 0 Å². The van der Waals surface area contributed by atoms with Crippen LogP contribution in [0.3, 0.4) is 0 Å². The second kappa shape index (κ2) is 7.68. The summed E-state index contributed by atoms with van der Waals surface area (Å²) in [6.07, 6.45) is 0.179. The first-order valence-corrected chi connectivity index (χ1v) is 7.37. The van der Waals surface area contributed by atoms with Crippen LogP contribution in [0.2, 0.25) is 0 Å². The van der Waals surface area contributed by atoms with Crippen molar-refractivity contribution in [3.63, 3.8) is 0 Å². The van der Waals surface area contributed by atoms with E-state index >= 15 is 0 Å². The normalized spacial score (nSPS) is 11.9. The van der Waals surface area contributed by atoms with Crippen LogP contribution in [0.4, 0.5) is 0 Å². The van der Waals surface area contributed by atoms with Crippen molar-refractivity contribution in [2.24, 2.45) is 0 Å². The van der Waals surface area contributed by atoms with Crippen molar-refractivity contribution in [2.45, 2.75) is 11.3 Å². The summed E-state index contributed by atoms with van der Waals surface area (Å²) in [6.45, 7) is 0. The highest BCUT2D eigenvalue weighted by molar-refractivity contribution is 7.80. The van der Waals surface area contributed by atoms with E-state index in [-0.39, 0.29) is 12.3 Å². The molecule has 5 nitrogen and oxygen atoms in total. The molecule has 0 N–H and O–H groups in total. The lowest BCUT2D eigenvalue weighted by atomic mass is 10.1. The molecule has 0 aliphatic heterocycles. The molecule has 0 aromatic heterocycles. The molecule has 0 saturated carbocycles. The van der Waals surface area contributed by atoms with E-state index in [0.29, 0.717) is 4.90 Å². The molecule has 6 heteroatoms. The number of hydrogen-bond acceptors (Lipinski definition) is 4. The van der Waals surface area contributed by atoms with Gasteiger partial charge in [-0.2, -0.15) is 5.06 Å². The second-order valence-corrected chi connectivity index (χ2v) is 5.32. The van der Waals surface area contributed by atoms with Gasteiger partial charge in [-0.15, -0.1) is 4.33 Å². The monoisotopic (exact) mass is 305 g/mol. The number of rotatable bonds is 6. The second-order valence-electron chi connectivity index (χ2n) is 4.24. The third-order valence-corrected chi connectivity index (χ3v) is 3.53. The summed E-state index contributed by atoms with van der Waals surface area (Å²) in [7, 11) is 1.41. The van der Waals surface area contributed by atoms with Crippen LogP contribution in [0, 0.1) is 0 Å². The van der Waals surface area contributed by atoms with Crippen molar-refractivity contribution in [1.82, 2.24) is 5.06 Å². The molecule has 0 spiro atoms. The van der Waals surface area contributed by atoms with Crippen LogP contribution in [-0.2, 0) is 31.6 Å². The minimum atomic E-state index is -1.78. The minimum absolute atomic E-state index is 0.179. The van der Waals surface area contributed by atoms with Gasteiger partial charge in [-0.25, -0.2) is 4.21 Å². The molecule has 0 saturated heterocycles. The molecular weight excluding hydrogens is 290 g/mol. The largest absolute Gasteiger partial charge is 0.272 e. The van der Waals surface area contributed by atoms with Gasteiger partial charge in [-0.1, -0.05) is 53.5 Å². The topological polar surface area (TPSA) is 55.8 Å². The Morgan fingerprint density at radius 2 is 1.62 bits per heavy atom. The molecule has 21 heavy (non-hydrogen) atoms. The molecule has 2 rings (SSSR count). The average Bonchev–Trinajstić information content (AvgIpc) is 2.54. The first kappa shape index (κ1) is 15.4. The van der Waals surface area contributed by atoms with Crippen molar-refractivity contribution < 1.29 is 18.3 Å². The highest BCUT2D eigenvalue weighted by Gasteiger charge is 2.13. The number of hydroxylamine groups is 2. The van der Waals surface area contributed by atoms with E-state index in [2.05, 4.69) is 0 Å². The van der Waals surface area contributed by atoms with Gasteiger partial charge in [0.05, 0.1) is 11.3 Å². The Morgan fingerprint density at radius 1 is 1.05 bits per heavy atom. The molecule has 2 aromatic carbocycles. The van der Waals surface area contributed by atoms with Crippen LogP contribution in [0.15, 0.2) is 65.6 Å². The zero-order valence-electron chi connectivity index (χ0n) is 11.5. The SMILES string of the molecule is CN(OOS(=O)c1ccccc1)C(=O)Cc1ccccc1. The van der Waals surface area contributed by atoms with Crippen LogP contribution in [-0.4, -0.2) is 22.2 Å². The van der Waals surface area contributed by atoms with Gasteiger partial charge in [-0.05, 0) is 17.7 Å². The van der Waals surface area contributed by atoms with E-state index in [0.717, 1.165) is 10.6 Å². The van der Waals surface area contributed by atoms with Gasteiger partial charge < -0.3 is 0 Å². The predicted molar refractivity (Wildman–Crippen MR) is 77.9 cm³/mol. The molecule has 1 atom stereocenters. The van der Waals surface area contributed by atoms with Gasteiger partial charge in [0.2, 0.25) is 11.1 Å². The Hall–Kier alpha value is -2.02. The number of nitrogens with zero attached hydrogens (tertiary/aromatic N) is 1. The number of benzene rings is 2. The summed E-state index contributed by atoms with van der Waals surface area (Å²) in [4.78, 5) is 17.1. The van der Waals surface area contributed by atoms with Crippen LogP contribution in [0.5, 0.6) is 0 Å². The van der Waals surface area contributed by atoms with E-state index in [1.54, 1.807) is 30.3 Å². The fraction of sp³-hybridized carbons (Fsp3) is 0.133. The third-order valence-electron chi connectivity index (χ3n) is 2.69. The van der Waals surface area contributed by atoms with Crippen LogP contribution >= 0.6 is 0 Å². The lowest BCUT2D eigenvalue weighted by Gasteiger charge is -2.14. The van der Waals surface area contributed by atoms with Gasteiger partial charge in [-0.3, -0.25) is 4.79 Å². The van der Waals surface area contributed by atoms with E-state index < -0.39 is 11.1 Å². The molecule has 1 amide bonds. The van der Waals surface area contributed by atoms with Crippen molar-refractivity contribution in [3.05, 3.63) is 66.2 Å². The number of carbonyl (C=O) groups is 1. The Bertz CT molecular complexity index is 604. The van der Waals surface area contributed by atoms with Gasteiger partial charge in [0.1, 0.15) is 0 Å². The molecule has 110 valence electrons. The maximum Gasteiger partial charge on any atom is 0.252 e. The first-order valence-electron chi connectivity index (χ1n) is 6.29. The Kier molecular flexibility index (Phi) is 5.62. The van der Waals surface area contributed by atoms with E-state index in [4.69, 9.17) is 9.32 Å². The summed E-state index contributed by atoms with van der Waals surface area (Å²) in [5.74, 6) is -0.300. The summed E-state index contributed by atoms with van der Waals surface area (Å²) in [6, 6.07) is 17.8. The van der Waals surface area contributed by atoms with Crippen LogP contribution in [0.25, 0.3) is 0 Å². The summed E-state index contributed by atoms with van der Waals surface area (Å²) >= 11 is -1.78. The van der Waals surface area contributed by atoms with Gasteiger partial charge in [0, 0.05) is 7.05 Å². The average molecular weight is 305 g/mol. The summed E-state index contributed by atoms with van der Waals surface area (Å²) in [5.41, 5.74) is 0.863. The fourth-order valence-electron chi connectivity index (χ4n) is 1.57. The smallest absolute Gasteiger partial charge is 0.252 e. The van der Waals surface area contributed by atoms with Crippen molar-refractivity contribution >= 4 is 17.0 Å². The first-order chi connectivity index (χ1) is 10.2. The highest BCUT2D eigenvalue weighted by atomic mass is 32.2. The molecule has 1 unspecified atom stereocenters. The Morgan fingerprint density at radius 3 is 2.24 bits per heavy atom. The molecular formula is C15H15NO4S. The molecule has 0 aliphatic rings. The van der Waals surface area contributed by atoms with Gasteiger partial charge >= 0.3 is 0 Å². The Labute approximate surface area is 125 Å². The molecule has 0 radical (unpaired) electrons. The molecule has 0 fully saturated rings. The lowest BCUT2D eigenvalue weighted by Crippen LogP contribution is -2.28. The minimum Gasteiger partial charge on any atom is -0.272 e. The maximum atomic E-state index is 11.9. The molecule has 0 heterocycles. The van der Waals surface area contributed by atoms with Gasteiger partial charge in [0.25, 0.3) is 5.91 Å². The van der Waals surface area contributed by atoms with Crippen LogP contribution in [0.1, 0.15) is 5.56 Å².